The van der Waals surface area contributed by atoms with Crippen LogP contribution in [0.1, 0.15) is 33.6 Å². The molecule has 1 aliphatic heterocycles. The molecule has 1 fully saturated rings. The minimum atomic E-state index is -0.835. The summed E-state index contributed by atoms with van der Waals surface area (Å²) in [6, 6.07) is 0. The molecule has 0 saturated carbocycles. The minimum absolute atomic E-state index is 0.0224. The van der Waals surface area contributed by atoms with Crippen molar-refractivity contribution in [2.45, 2.75) is 45.3 Å². The van der Waals surface area contributed by atoms with E-state index in [4.69, 9.17) is 4.74 Å². The van der Waals surface area contributed by atoms with E-state index in [0.717, 1.165) is 6.42 Å². The summed E-state index contributed by atoms with van der Waals surface area (Å²) >= 11 is 0. The molecule has 1 saturated heterocycles. The van der Waals surface area contributed by atoms with E-state index in [2.05, 4.69) is 24.5 Å². The van der Waals surface area contributed by atoms with Gasteiger partial charge in [-0.15, -0.1) is 0 Å². The third-order valence-corrected chi connectivity index (χ3v) is 3.42. The zero-order chi connectivity index (χ0) is 13.6. The molecule has 0 aromatic rings. The van der Waals surface area contributed by atoms with Crippen molar-refractivity contribution in [2.75, 3.05) is 26.2 Å². The van der Waals surface area contributed by atoms with Crippen LogP contribution in [-0.2, 0) is 9.53 Å². The molecule has 2 atom stereocenters. The minimum Gasteiger partial charge on any atom is -0.386 e. The Morgan fingerprint density at radius 3 is 2.83 bits per heavy atom. The molecular formula is C13H26N2O3. The Balaban J connectivity index is 2.12. The summed E-state index contributed by atoms with van der Waals surface area (Å²) in [6.45, 7) is 8.04. The average Bonchev–Trinajstić information content (AvgIpc) is 2.59. The van der Waals surface area contributed by atoms with Gasteiger partial charge in [-0.25, -0.2) is 0 Å². The van der Waals surface area contributed by atoms with Crippen molar-refractivity contribution in [1.29, 1.82) is 0 Å². The fourth-order valence-electron chi connectivity index (χ4n) is 1.96. The first-order valence-electron chi connectivity index (χ1n) is 6.75. The Labute approximate surface area is 109 Å². The number of aliphatic hydroxyl groups is 1. The topological polar surface area (TPSA) is 70.6 Å². The average molecular weight is 258 g/mol. The van der Waals surface area contributed by atoms with Crippen LogP contribution in [0, 0.1) is 5.92 Å². The quantitative estimate of drug-likeness (QED) is 0.613. The number of hydrogen-bond donors (Lipinski definition) is 3. The van der Waals surface area contributed by atoms with Gasteiger partial charge < -0.3 is 20.5 Å². The lowest BCUT2D eigenvalue weighted by Crippen LogP contribution is -2.48. The Bertz CT molecular complexity index is 271. The largest absolute Gasteiger partial charge is 0.386 e. The van der Waals surface area contributed by atoms with Gasteiger partial charge in [0, 0.05) is 26.1 Å². The lowest BCUT2D eigenvalue weighted by atomic mass is 9.97. The first-order chi connectivity index (χ1) is 8.44. The van der Waals surface area contributed by atoms with Gasteiger partial charge in [-0.2, -0.15) is 0 Å². The molecule has 0 bridgehead atoms. The Morgan fingerprint density at radius 1 is 1.56 bits per heavy atom. The molecule has 5 heteroatoms. The number of rotatable bonds is 7. The lowest BCUT2D eigenvalue weighted by Gasteiger charge is -2.26. The van der Waals surface area contributed by atoms with Crippen molar-refractivity contribution >= 4 is 5.91 Å². The molecule has 2 unspecified atom stereocenters. The highest BCUT2D eigenvalue weighted by molar-refractivity contribution is 5.77. The third-order valence-electron chi connectivity index (χ3n) is 3.42. The van der Waals surface area contributed by atoms with Crippen LogP contribution in [0.25, 0.3) is 0 Å². The number of hydrogen-bond acceptors (Lipinski definition) is 4. The molecule has 3 N–H and O–H groups in total. The van der Waals surface area contributed by atoms with Crippen molar-refractivity contribution in [3.05, 3.63) is 0 Å². The van der Waals surface area contributed by atoms with Crippen LogP contribution < -0.4 is 10.6 Å². The normalized spacial score (nSPS) is 27.7. The lowest BCUT2D eigenvalue weighted by molar-refractivity contribution is -0.120. The van der Waals surface area contributed by atoms with Gasteiger partial charge in [0.05, 0.1) is 12.6 Å². The van der Waals surface area contributed by atoms with Gasteiger partial charge in [0.15, 0.2) is 0 Å². The van der Waals surface area contributed by atoms with Crippen LogP contribution in [0.15, 0.2) is 0 Å². The number of carbonyl (C=O) groups is 1. The molecule has 0 aliphatic carbocycles. The van der Waals surface area contributed by atoms with Crippen molar-refractivity contribution in [3.63, 3.8) is 0 Å². The van der Waals surface area contributed by atoms with E-state index in [1.54, 1.807) is 0 Å². The maximum absolute atomic E-state index is 11.5. The Morgan fingerprint density at radius 2 is 2.28 bits per heavy atom. The van der Waals surface area contributed by atoms with E-state index in [1.807, 2.05) is 6.92 Å². The van der Waals surface area contributed by atoms with Crippen LogP contribution in [0.5, 0.6) is 0 Å². The maximum Gasteiger partial charge on any atom is 0.233 e. The van der Waals surface area contributed by atoms with Crippen LogP contribution in [0.2, 0.25) is 0 Å². The second-order valence-electron chi connectivity index (χ2n) is 5.50. The van der Waals surface area contributed by atoms with Crippen molar-refractivity contribution in [1.82, 2.24) is 10.6 Å². The standard InChI is InChI=1S/C13H26N2O3/c1-10(2)4-6-15-12(16)8-14-9-13(17)5-7-18-11(13)3/h10-11,14,17H,4-9H2,1-3H3,(H,15,16). The van der Waals surface area contributed by atoms with Gasteiger partial charge in [-0.1, -0.05) is 13.8 Å². The van der Waals surface area contributed by atoms with Crippen molar-refractivity contribution in [2.24, 2.45) is 5.92 Å². The van der Waals surface area contributed by atoms with E-state index in [9.17, 15) is 9.90 Å². The third kappa shape index (κ3) is 4.92. The molecule has 1 heterocycles. The van der Waals surface area contributed by atoms with E-state index in [-0.39, 0.29) is 18.6 Å². The van der Waals surface area contributed by atoms with Gasteiger partial charge in [0.2, 0.25) is 5.91 Å². The summed E-state index contributed by atoms with van der Waals surface area (Å²) in [7, 11) is 0. The van der Waals surface area contributed by atoms with Crippen LogP contribution in [0.4, 0.5) is 0 Å². The molecule has 18 heavy (non-hydrogen) atoms. The van der Waals surface area contributed by atoms with Crippen LogP contribution in [0.3, 0.4) is 0 Å². The highest BCUT2D eigenvalue weighted by atomic mass is 16.5. The van der Waals surface area contributed by atoms with Gasteiger partial charge in [-0.05, 0) is 19.3 Å². The van der Waals surface area contributed by atoms with Gasteiger partial charge in [0.25, 0.3) is 0 Å². The fourth-order valence-corrected chi connectivity index (χ4v) is 1.96. The number of ether oxygens (including phenoxy) is 1. The second-order valence-corrected chi connectivity index (χ2v) is 5.50. The van der Waals surface area contributed by atoms with Gasteiger partial charge >= 0.3 is 0 Å². The zero-order valence-corrected chi connectivity index (χ0v) is 11.7. The summed E-state index contributed by atoms with van der Waals surface area (Å²) in [6.07, 6.45) is 1.44. The summed E-state index contributed by atoms with van der Waals surface area (Å²) in [5.74, 6) is 0.571. The molecule has 1 aliphatic rings. The first kappa shape index (κ1) is 15.4. The number of amides is 1. The molecule has 0 radical (unpaired) electrons. The molecule has 1 amide bonds. The smallest absolute Gasteiger partial charge is 0.233 e. The summed E-state index contributed by atoms with van der Waals surface area (Å²) in [4.78, 5) is 11.5. The van der Waals surface area contributed by atoms with E-state index in [1.165, 1.54) is 0 Å². The highest BCUT2D eigenvalue weighted by Gasteiger charge is 2.39. The zero-order valence-electron chi connectivity index (χ0n) is 11.7. The Hall–Kier alpha value is -0.650. The Kier molecular flexibility index (Phi) is 6.05. The maximum atomic E-state index is 11.5. The van der Waals surface area contributed by atoms with Crippen molar-refractivity contribution < 1.29 is 14.6 Å². The van der Waals surface area contributed by atoms with Crippen molar-refractivity contribution in [3.8, 4) is 0 Å². The molecule has 0 spiro atoms. The molecule has 0 aromatic carbocycles. The number of carbonyl (C=O) groups excluding carboxylic acids is 1. The summed E-state index contributed by atoms with van der Waals surface area (Å²) in [5, 5.41) is 16.0. The fraction of sp³-hybridized carbons (Fsp3) is 0.923. The second kappa shape index (κ2) is 7.07. The molecule has 106 valence electrons. The van der Waals surface area contributed by atoms with E-state index < -0.39 is 5.60 Å². The highest BCUT2D eigenvalue weighted by Crippen LogP contribution is 2.24. The van der Waals surface area contributed by atoms with E-state index in [0.29, 0.717) is 32.0 Å². The van der Waals surface area contributed by atoms with E-state index >= 15 is 0 Å². The monoisotopic (exact) mass is 258 g/mol. The van der Waals surface area contributed by atoms with Gasteiger partial charge in [-0.3, -0.25) is 4.79 Å². The first-order valence-corrected chi connectivity index (χ1v) is 6.75. The van der Waals surface area contributed by atoms with Crippen LogP contribution >= 0.6 is 0 Å². The predicted octanol–water partition coefficient (Wildman–Crippen LogP) is 0.278. The SMILES string of the molecule is CC(C)CCNC(=O)CNCC1(O)CCOC1C. The number of nitrogens with one attached hydrogen (secondary N) is 2. The molecular weight excluding hydrogens is 232 g/mol. The van der Waals surface area contributed by atoms with Crippen LogP contribution in [-0.4, -0.2) is 49.0 Å². The molecule has 0 aromatic heterocycles. The molecule has 1 rings (SSSR count). The predicted molar refractivity (Wildman–Crippen MR) is 70.3 cm³/mol. The summed E-state index contributed by atoms with van der Waals surface area (Å²) < 4.78 is 5.33. The summed E-state index contributed by atoms with van der Waals surface area (Å²) in [5.41, 5.74) is -0.835. The molecule has 5 nitrogen and oxygen atoms in total. The van der Waals surface area contributed by atoms with Gasteiger partial charge in [0.1, 0.15) is 5.60 Å².